The van der Waals surface area contributed by atoms with E-state index in [1.54, 1.807) is 25.4 Å². The second-order valence-electron chi connectivity index (χ2n) is 3.63. The number of rotatable bonds is 4. The second kappa shape index (κ2) is 5.69. The molecule has 2 rings (SSSR count). The van der Waals surface area contributed by atoms with Crippen molar-refractivity contribution in [2.75, 3.05) is 7.11 Å². The highest BCUT2D eigenvalue weighted by Crippen LogP contribution is 2.14. The fraction of sp³-hybridized carbons (Fsp3) is 0.143. The van der Waals surface area contributed by atoms with Gasteiger partial charge < -0.3 is 9.47 Å². The van der Waals surface area contributed by atoms with E-state index in [1.807, 2.05) is 30.3 Å². The minimum Gasteiger partial charge on any atom is -0.497 e. The average molecular weight is 240 g/mol. The molecule has 0 amide bonds. The Morgan fingerprint density at radius 2 is 2.00 bits per heavy atom. The van der Waals surface area contributed by atoms with Crippen molar-refractivity contribution >= 4 is 0 Å². The molecule has 0 spiro atoms. The van der Waals surface area contributed by atoms with Crippen LogP contribution in [0.2, 0.25) is 0 Å². The minimum absolute atomic E-state index is 0.409. The predicted octanol–water partition coefficient (Wildman–Crippen LogP) is 2.54. The first-order valence-electron chi connectivity index (χ1n) is 5.43. The highest BCUT2D eigenvalue weighted by atomic mass is 16.5. The molecule has 1 aromatic carbocycles. The first-order valence-corrected chi connectivity index (χ1v) is 5.43. The van der Waals surface area contributed by atoms with E-state index >= 15 is 0 Å². The van der Waals surface area contributed by atoms with Crippen molar-refractivity contribution < 1.29 is 9.47 Å². The topological polar surface area (TPSA) is 55.1 Å². The smallest absolute Gasteiger partial charge is 0.214 e. The zero-order chi connectivity index (χ0) is 12.8. The predicted molar refractivity (Wildman–Crippen MR) is 66.3 cm³/mol. The van der Waals surface area contributed by atoms with E-state index in [0.717, 1.165) is 11.3 Å². The van der Waals surface area contributed by atoms with Crippen molar-refractivity contribution in [1.29, 1.82) is 5.26 Å². The van der Waals surface area contributed by atoms with Crippen molar-refractivity contribution in [1.82, 2.24) is 4.98 Å². The maximum atomic E-state index is 8.76. The number of pyridine rings is 1. The molecule has 4 heteroatoms. The van der Waals surface area contributed by atoms with Gasteiger partial charge in [-0.2, -0.15) is 5.26 Å². The SMILES string of the molecule is COc1ccc(COc2cc(C#N)ccn2)cc1. The maximum absolute atomic E-state index is 8.76. The fourth-order valence-electron chi connectivity index (χ4n) is 1.44. The van der Waals surface area contributed by atoms with Crippen molar-refractivity contribution in [3.8, 4) is 17.7 Å². The minimum atomic E-state index is 0.409. The van der Waals surface area contributed by atoms with Gasteiger partial charge in [0.1, 0.15) is 12.4 Å². The molecule has 90 valence electrons. The molecule has 0 unspecified atom stereocenters. The Labute approximate surface area is 105 Å². The molecule has 1 heterocycles. The first kappa shape index (κ1) is 11.9. The van der Waals surface area contributed by atoms with Crippen molar-refractivity contribution in [3.63, 3.8) is 0 Å². The fourth-order valence-corrected chi connectivity index (χ4v) is 1.44. The van der Waals surface area contributed by atoms with Crippen LogP contribution in [0.4, 0.5) is 0 Å². The van der Waals surface area contributed by atoms with Gasteiger partial charge in [0, 0.05) is 12.3 Å². The summed E-state index contributed by atoms with van der Waals surface area (Å²) in [5, 5.41) is 8.76. The van der Waals surface area contributed by atoms with E-state index in [-0.39, 0.29) is 0 Å². The van der Waals surface area contributed by atoms with Gasteiger partial charge in [0.15, 0.2) is 0 Å². The lowest BCUT2D eigenvalue weighted by atomic mass is 10.2. The van der Waals surface area contributed by atoms with Crippen molar-refractivity contribution in [2.45, 2.75) is 6.61 Å². The molecule has 0 aliphatic rings. The number of ether oxygens (including phenoxy) is 2. The third-order valence-corrected chi connectivity index (χ3v) is 2.41. The number of aromatic nitrogens is 1. The van der Waals surface area contributed by atoms with Gasteiger partial charge >= 0.3 is 0 Å². The Balaban J connectivity index is 2.00. The van der Waals surface area contributed by atoms with Gasteiger partial charge in [0.25, 0.3) is 0 Å². The second-order valence-corrected chi connectivity index (χ2v) is 3.63. The van der Waals surface area contributed by atoms with E-state index in [4.69, 9.17) is 14.7 Å². The molecule has 0 atom stereocenters. The maximum Gasteiger partial charge on any atom is 0.214 e. The van der Waals surface area contributed by atoms with Gasteiger partial charge in [-0.25, -0.2) is 4.98 Å². The van der Waals surface area contributed by atoms with Crippen molar-refractivity contribution in [2.24, 2.45) is 0 Å². The molecule has 0 N–H and O–H groups in total. The highest BCUT2D eigenvalue weighted by molar-refractivity contribution is 5.31. The molecule has 0 radical (unpaired) electrons. The van der Waals surface area contributed by atoms with Gasteiger partial charge in [-0.3, -0.25) is 0 Å². The lowest BCUT2D eigenvalue weighted by Gasteiger charge is -2.06. The van der Waals surface area contributed by atoms with Gasteiger partial charge in [0.05, 0.1) is 18.7 Å². The van der Waals surface area contributed by atoms with Crippen LogP contribution in [0.15, 0.2) is 42.6 Å². The molecule has 1 aromatic heterocycles. The molecule has 0 aliphatic heterocycles. The third kappa shape index (κ3) is 2.98. The van der Waals surface area contributed by atoms with Crippen LogP contribution < -0.4 is 9.47 Å². The number of methoxy groups -OCH3 is 1. The highest BCUT2D eigenvalue weighted by Gasteiger charge is 1.99. The van der Waals surface area contributed by atoms with Gasteiger partial charge in [0.2, 0.25) is 5.88 Å². The van der Waals surface area contributed by atoms with Gasteiger partial charge in [-0.1, -0.05) is 12.1 Å². The Bertz CT molecular complexity index is 559. The third-order valence-electron chi connectivity index (χ3n) is 2.41. The molecule has 4 nitrogen and oxygen atoms in total. The van der Waals surface area contributed by atoms with E-state index < -0.39 is 0 Å². The van der Waals surface area contributed by atoms with E-state index in [2.05, 4.69) is 4.98 Å². The van der Waals surface area contributed by atoms with Crippen LogP contribution in [0.1, 0.15) is 11.1 Å². The Morgan fingerprint density at radius 1 is 1.22 bits per heavy atom. The standard InChI is InChI=1S/C14H12N2O2/c1-17-13-4-2-11(3-5-13)10-18-14-8-12(9-15)6-7-16-14/h2-8H,10H2,1H3. The summed E-state index contributed by atoms with van der Waals surface area (Å²) < 4.78 is 10.6. The molecule has 0 fully saturated rings. The van der Waals surface area contributed by atoms with Crippen LogP contribution in [-0.4, -0.2) is 12.1 Å². The van der Waals surface area contributed by atoms with E-state index in [9.17, 15) is 0 Å². The monoisotopic (exact) mass is 240 g/mol. The summed E-state index contributed by atoms with van der Waals surface area (Å²) in [7, 11) is 1.63. The molecule has 0 bridgehead atoms. The van der Waals surface area contributed by atoms with Gasteiger partial charge in [-0.05, 0) is 23.8 Å². The number of nitrogens with zero attached hydrogens (tertiary/aromatic N) is 2. The Morgan fingerprint density at radius 3 is 2.67 bits per heavy atom. The molecule has 0 saturated carbocycles. The molecular formula is C14H12N2O2. The van der Waals surface area contributed by atoms with Gasteiger partial charge in [-0.15, -0.1) is 0 Å². The van der Waals surface area contributed by atoms with E-state index in [0.29, 0.717) is 18.1 Å². The van der Waals surface area contributed by atoms with Crippen molar-refractivity contribution in [3.05, 3.63) is 53.7 Å². The summed E-state index contributed by atoms with van der Waals surface area (Å²) in [6.07, 6.45) is 1.56. The lowest BCUT2D eigenvalue weighted by Crippen LogP contribution is -1.97. The Hall–Kier alpha value is -2.54. The summed E-state index contributed by atoms with van der Waals surface area (Å²) in [6.45, 7) is 0.409. The summed E-state index contributed by atoms with van der Waals surface area (Å²) in [6, 6.07) is 12.9. The summed E-state index contributed by atoms with van der Waals surface area (Å²) in [5.74, 6) is 1.26. The summed E-state index contributed by atoms with van der Waals surface area (Å²) >= 11 is 0. The quantitative estimate of drug-likeness (QED) is 0.824. The number of nitriles is 1. The zero-order valence-corrected chi connectivity index (χ0v) is 9.96. The summed E-state index contributed by atoms with van der Waals surface area (Å²) in [4.78, 5) is 4.04. The average Bonchev–Trinajstić information content (AvgIpc) is 2.46. The summed E-state index contributed by atoms with van der Waals surface area (Å²) in [5.41, 5.74) is 1.55. The largest absolute Gasteiger partial charge is 0.497 e. The normalized spacial score (nSPS) is 9.56. The molecular weight excluding hydrogens is 228 g/mol. The number of benzene rings is 1. The zero-order valence-electron chi connectivity index (χ0n) is 9.96. The first-order chi connectivity index (χ1) is 8.81. The van der Waals surface area contributed by atoms with Crippen LogP contribution in [0.5, 0.6) is 11.6 Å². The molecule has 0 saturated heterocycles. The van der Waals surface area contributed by atoms with Crippen LogP contribution in [-0.2, 0) is 6.61 Å². The van der Waals surface area contributed by atoms with Crippen LogP contribution >= 0.6 is 0 Å². The lowest BCUT2D eigenvalue weighted by molar-refractivity contribution is 0.293. The molecule has 18 heavy (non-hydrogen) atoms. The Kier molecular flexibility index (Phi) is 3.77. The van der Waals surface area contributed by atoms with Crippen LogP contribution in [0.25, 0.3) is 0 Å². The molecule has 2 aromatic rings. The number of hydrogen-bond donors (Lipinski definition) is 0. The van der Waals surface area contributed by atoms with Crippen LogP contribution in [0.3, 0.4) is 0 Å². The van der Waals surface area contributed by atoms with E-state index in [1.165, 1.54) is 0 Å². The van der Waals surface area contributed by atoms with Crippen LogP contribution in [0, 0.1) is 11.3 Å². The number of hydrogen-bond acceptors (Lipinski definition) is 4. The molecule has 0 aliphatic carbocycles.